The van der Waals surface area contributed by atoms with Crippen LogP contribution in [-0.2, 0) is 4.79 Å². The molecule has 4 nitrogen and oxygen atoms in total. The first-order valence-electron chi connectivity index (χ1n) is 6.79. The van der Waals surface area contributed by atoms with Gasteiger partial charge in [0.1, 0.15) is 0 Å². The molecule has 0 spiro atoms. The quantitative estimate of drug-likeness (QED) is 0.654. The summed E-state index contributed by atoms with van der Waals surface area (Å²) in [6.07, 6.45) is 0.431. The Balaban J connectivity index is 1.90. The largest absolute Gasteiger partial charge is 0.378 e. The van der Waals surface area contributed by atoms with Crippen LogP contribution in [0.15, 0.2) is 65.8 Å². The number of amides is 1. The van der Waals surface area contributed by atoms with Crippen molar-refractivity contribution in [2.24, 2.45) is 5.10 Å². The number of nitrogens with one attached hydrogen (secondary N) is 1. The van der Waals surface area contributed by atoms with Crippen LogP contribution < -0.4 is 5.43 Å². The first-order chi connectivity index (χ1) is 10.2. The third-order valence-electron chi connectivity index (χ3n) is 3.16. The van der Waals surface area contributed by atoms with E-state index in [4.69, 9.17) is 0 Å². The van der Waals surface area contributed by atoms with Gasteiger partial charge in [0.2, 0.25) is 0 Å². The average Bonchev–Trinajstić information content (AvgIpc) is 2.55. The van der Waals surface area contributed by atoms with Crippen LogP contribution in [0.25, 0.3) is 0 Å². The Kier molecular flexibility index (Phi) is 5.23. The Hall–Kier alpha value is -2.46. The van der Waals surface area contributed by atoms with E-state index >= 15 is 0 Å². The lowest BCUT2D eigenvalue weighted by atomic mass is 10.0. The van der Waals surface area contributed by atoms with Crippen molar-refractivity contribution < 1.29 is 9.90 Å². The molecular formula is C17H18N2O2. The highest BCUT2D eigenvalue weighted by Crippen LogP contribution is 2.13. The van der Waals surface area contributed by atoms with Gasteiger partial charge in [-0.1, -0.05) is 67.6 Å². The number of aliphatic hydroxyl groups excluding tert-OH is 1. The molecule has 2 unspecified atom stereocenters. The summed E-state index contributed by atoms with van der Waals surface area (Å²) >= 11 is 0. The highest BCUT2D eigenvalue weighted by molar-refractivity contribution is 5.82. The third-order valence-corrected chi connectivity index (χ3v) is 3.16. The summed E-state index contributed by atoms with van der Waals surface area (Å²) in [5.41, 5.74) is 4.02. The number of carbonyl (C=O) groups is 1. The third kappa shape index (κ3) is 4.26. The summed E-state index contributed by atoms with van der Waals surface area (Å²) in [5, 5.41) is 13.8. The standard InChI is InChI=1S/C17H18N2O2/c1-13(14-8-4-2-5-9-14)12-18-19-17(21)16(20)15-10-6-3-7-11-15/h2-13,16,20H,1H3,(H,19,21). The first kappa shape index (κ1) is 14.9. The van der Waals surface area contributed by atoms with Gasteiger partial charge in [0.15, 0.2) is 6.10 Å². The van der Waals surface area contributed by atoms with Crippen LogP contribution in [0.1, 0.15) is 30.1 Å². The van der Waals surface area contributed by atoms with Crippen molar-refractivity contribution in [3.05, 3.63) is 71.8 Å². The van der Waals surface area contributed by atoms with E-state index in [-0.39, 0.29) is 5.92 Å². The first-order valence-corrected chi connectivity index (χ1v) is 6.79. The van der Waals surface area contributed by atoms with Crippen LogP contribution in [0.3, 0.4) is 0 Å². The second-order valence-electron chi connectivity index (χ2n) is 4.77. The molecule has 0 heterocycles. The van der Waals surface area contributed by atoms with E-state index in [0.29, 0.717) is 5.56 Å². The minimum absolute atomic E-state index is 0.0837. The maximum atomic E-state index is 11.8. The maximum absolute atomic E-state index is 11.8. The minimum Gasteiger partial charge on any atom is -0.378 e. The van der Waals surface area contributed by atoms with E-state index in [1.165, 1.54) is 0 Å². The molecule has 1 amide bonds. The Morgan fingerprint density at radius 3 is 2.14 bits per heavy atom. The SMILES string of the molecule is CC(C=NNC(=O)C(O)c1ccccc1)c1ccccc1. The van der Waals surface area contributed by atoms with Crippen molar-refractivity contribution in [2.75, 3.05) is 0 Å². The molecule has 0 saturated heterocycles. The summed E-state index contributed by atoms with van der Waals surface area (Å²) < 4.78 is 0. The lowest BCUT2D eigenvalue weighted by Crippen LogP contribution is -2.25. The molecule has 0 bridgehead atoms. The molecule has 2 atom stereocenters. The van der Waals surface area contributed by atoms with Gasteiger partial charge in [-0.3, -0.25) is 4.79 Å². The average molecular weight is 282 g/mol. The molecule has 2 rings (SSSR count). The van der Waals surface area contributed by atoms with Crippen molar-refractivity contribution >= 4 is 12.1 Å². The van der Waals surface area contributed by atoms with Crippen LogP contribution in [0.5, 0.6) is 0 Å². The van der Waals surface area contributed by atoms with Crippen molar-refractivity contribution in [2.45, 2.75) is 18.9 Å². The van der Waals surface area contributed by atoms with Crippen LogP contribution >= 0.6 is 0 Å². The summed E-state index contributed by atoms with van der Waals surface area (Å²) in [6, 6.07) is 18.6. The van der Waals surface area contributed by atoms with Crippen LogP contribution in [0, 0.1) is 0 Å². The zero-order chi connectivity index (χ0) is 15.1. The van der Waals surface area contributed by atoms with Gasteiger partial charge in [-0.25, -0.2) is 5.43 Å². The van der Waals surface area contributed by atoms with Crippen molar-refractivity contribution in [3.63, 3.8) is 0 Å². The Bertz CT molecular complexity index is 597. The number of nitrogens with zero attached hydrogens (tertiary/aromatic N) is 1. The molecule has 2 aromatic carbocycles. The predicted molar refractivity (Wildman–Crippen MR) is 82.9 cm³/mol. The maximum Gasteiger partial charge on any atom is 0.273 e. The van der Waals surface area contributed by atoms with E-state index < -0.39 is 12.0 Å². The Labute approximate surface area is 124 Å². The van der Waals surface area contributed by atoms with Crippen LogP contribution in [0.2, 0.25) is 0 Å². The molecular weight excluding hydrogens is 264 g/mol. The number of hydrogen-bond acceptors (Lipinski definition) is 3. The van der Waals surface area contributed by atoms with Gasteiger partial charge in [-0.15, -0.1) is 0 Å². The van der Waals surface area contributed by atoms with Gasteiger partial charge < -0.3 is 5.11 Å². The van der Waals surface area contributed by atoms with Gasteiger partial charge in [-0.05, 0) is 11.1 Å². The summed E-state index contributed by atoms with van der Waals surface area (Å²) in [5.74, 6) is -0.460. The molecule has 0 saturated carbocycles. The van der Waals surface area contributed by atoms with Crippen LogP contribution in [-0.4, -0.2) is 17.2 Å². The van der Waals surface area contributed by atoms with E-state index in [2.05, 4.69) is 10.5 Å². The molecule has 108 valence electrons. The van der Waals surface area contributed by atoms with Crippen molar-refractivity contribution in [1.29, 1.82) is 0 Å². The van der Waals surface area contributed by atoms with E-state index in [1.807, 2.05) is 43.3 Å². The molecule has 2 N–H and O–H groups in total. The summed E-state index contributed by atoms with van der Waals surface area (Å²) in [7, 11) is 0. The fourth-order valence-corrected chi connectivity index (χ4v) is 1.90. The van der Waals surface area contributed by atoms with E-state index in [0.717, 1.165) is 5.56 Å². The molecule has 4 heteroatoms. The van der Waals surface area contributed by atoms with Crippen LogP contribution in [0.4, 0.5) is 0 Å². The van der Waals surface area contributed by atoms with Gasteiger partial charge >= 0.3 is 0 Å². The fraction of sp³-hybridized carbons (Fsp3) is 0.176. The Morgan fingerprint density at radius 1 is 1.05 bits per heavy atom. The zero-order valence-electron chi connectivity index (χ0n) is 11.8. The monoisotopic (exact) mass is 282 g/mol. The lowest BCUT2D eigenvalue weighted by molar-refractivity contribution is -0.129. The lowest BCUT2D eigenvalue weighted by Gasteiger charge is -2.09. The van der Waals surface area contributed by atoms with Gasteiger partial charge in [0.25, 0.3) is 5.91 Å². The number of aliphatic hydroxyl groups is 1. The van der Waals surface area contributed by atoms with Gasteiger partial charge in [0, 0.05) is 12.1 Å². The summed E-state index contributed by atoms with van der Waals surface area (Å²) in [6.45, 7) is 1.98. The highest BCUT2D eigenvalue weighted by Gasteiger charge is 2.16. The van der Waals surface area contributed by atoms with E-state index in [1.54, 1.807) is 30.5 Å². The number of hydrogen-bond donors (Lipinski definition) is 2. The van der Waals surface area contributed by atoms with Gasteiger partial charge in [-0.2, -0.15) is 5.10 Å². The number of hydrazone groups is 1. The molecule has 0 aliphatic carbocycles. The van der Waals surface area contributed by atoms with Crippen molar-refractivity contribution in [3.8, 4) is 0 Å². The van der Waals surface area contributed by atoms with E-state index in [9.17, 15) is 9.90 Å². The Morgan fingerprint density at radius 2 is 1.57 bits per heavy atom. The molecule has 0 fully saturated rings. The molecule has 0 aromatic heterocycles. The number of carbonyl (C=O) groups excluding carboxylic acids is 1. The predicted octanol–water partition coefficient (Wildman–Crippen LogP) is 2.63. The summed E-state index contributed by atoms with van der Waals surface area (Å²) in [4.78, 5) is 11.8. The van der Waals surface area contributed by atoms with Gasteiger partial charge in [0.05, 0.1) is 0 Å². The number of benzene rings is 2. The molecule has 2 aromatic rings. The second kappa shape index (κ2) is 7.36. The minimum atomic E-state index is -1.21. The van der Waals surface area contributed by atoms with Crippen molar-refractivity contribution in [1.82, 2.24) is 5.43 Å². The fourth-order valence-electron chi connectivity index (χ4n) is 1.90. The number of rotatable bonds is 5. The molecule has 21 heavy (non-hydrogen) atoms. The molecule has 0 aliphatic heterocycles. The normalized spacial score (nSPS) is 13.8. The molecule has 0 radical (unpaired) electrons. The highest BCUT2D eigenvalue weighted by atomic mass is 16.3. The zero-order valence-corrected chi connectivity index (χ0v) is 11.8. The molecule has 0 aliphatic rings. The topological polar surface area (TPSA) is 61.7 Å². The second-order valence-corrected chi connectivity index (χ2v) is 4.77. The smallest absolute Gasteiger partial charge is 0.273 e.